The van der Waals surface area contributed by atoms with E-state index in [-0.39, 0.29) is 10.8 Å². The van der Waals surface area contributed by atoms with Gasteiger partial charge in [-0.05, 0) is 58.9 Å². The van der Waals surface area contributed by atoms with E-state index in [0.29, 0.717) is 0 Å². The van der Waals surface area contributed by atoms with Gasteiger partial charge in [-0.2, -0.15) is 0 Å². The molecule has 1 aliphatic carbocycles. The first-order valence-electron chi connectivity index (χ1n) is 8.44. The molecule has 2 heteroatoms. The van der Waals surface area contributed by atoms with Crippen LogP contribution in [0, 0.1) is 0 Å². The summed E-state index contributed by atoms with van der Waals surface area (Å²) in [6.07, 6.45) is 8.14. The third-order valence-corrected chi connectivity index (χ3v) is 4.87. The highest BCUT2D eigenvalue weighted by Gasteiger charge is 2.41. The van der Waals surface area contributed by atoms with Gasteiger partial charge in [-0.15, -0.1) is 0 Å². The molecule has 1 aromatic rings. The summed E-state index contributed by atoms with van der Waals surface area (Å²) in [5, 5.41) is 8.73. The van der Waals surface area contributed by atoms with Gasteiger partial charge in [0, 0.05) is 6.08 Å². The van der Waals surface area contributed by atoms with Crippen LogP contribution < -0.4 is 0 Å². The number of rotatable bonds is 4. The Morgan fingerprint density at radius 3 is 2.33 bits per heavy atom. The average Bonchev–Trinajstić information content (AvgIpc) is 2.62. The first-order valence-corrected chi connectivity index (χ1v) is 8.44. The molecule has 0 amide bonds. The van der Waals surface area contributed by atoms with Gasteiger partial charge in [-0.1, -0.05) is 64.1 Å². The van der Waals surface area contributed by atoms with Crippen molar-refractivity contribution in [2.75, 3.05) is 0 Å². The Labute approximate surface area is 145 Å². The lowest BCUT2D eigenvalue weighted by atomic mass is 9.82. The predicted molar refractivity (Wildman–Crippen MR) is 101 cm³/mol. The number of carbonyl (C=O) groups is 1. The second-order valence-electron chi connectivity index (χ2n) is 8.14. The molecule has 0 spiro atoms. The first-order chi connectivity index (χ1) is 11.0. The number of carboxylic acids is 1. The number of hydrogen-bond acceptors (Lipinski definition) is 1. The Morgan fingerprint density at radius 1 is 1.08 bits per heavy atom. The van der Waals surface area contributed by atoms with Crippen LogP contribution in [0.2, 0.25) is 0 Å². The zero-order valence-electron chi connectivity index (χ0n) is 15.6. The van der Waals surface area contributed by atoms with Crippen LogP contribution in [0.3, 0.4) is 0 Å². The molecule has 24 heavy (non-hydrogen) atoms. The van der Waals surface area contributed by atoms with Gasteiger partial charge in [-0.25, -0.2) is 4.79 Å². The lowest BCUT2D eigenvalue weighted by Gasteiger charge is -2.22. The highest BCUT2D eigenvalue weighted by molar-refractivity contribution is 5.81. The van der Waals surface area contributed by atoms with Crippen molar-refractivity contribution in [3.8, 4) is 0 Å². The van der Waals surface area contributed by atoms with E-state index in [2.05, 4.69) is 52.8 Å². The van der Waals surface area contributed by atoms with Crippen molar-refractivity contribution < 1.29 is 9.90 Å². The topological polar surface area (TPSA) is 37.3 Å². The Bertz CT molecular complexity index is 743. The molecule has 0 heterocycles. The maximum Gasteiger partial charge on any atom is 0.328 e. The SMILES string of the molecule is CC(=C/C=C/C(C)=C/C(=O)O)c1ccc2c(c1)C(C)(C)CC2(C)C. The van der Waals surface area contributed by atoms with Crippen molar-refractivity contribution in [2.45, 2.75) is 58.8 Å². The van der Waals surface area contributed by atoms with E-state index in [4.69, 9.17) is 5.11 Å². The summed E-state index contributed by atoms with van der Waals surface area (Å²) in [5.74, 6) is -0.915. The molecule has 0 radical (unpaired) electrons. The van der Waals surface area contributed by atoms with E-state index in [0.717, 1.165) is 5.57 Å². The number of benzene rings is 1. The molecule has 0 saturated heterocycles. The maximum absolute atomic E-state index is 10.6. The number of carboxylic acid groups (broad SMARTS) is 1. The number of allylic oxidation sites excluding steroid dienone is 5. The van der Waals surface area contributed by atoms with Crippen LogP contribution in [0.5, 0.6) is 0 Å². The standard InChI is InChI=1S/C22H28O2/c1-15(12-20(23)24)8-7-9-16(2)17-10-11-18-19(13-17)22(5,6)14-21(18,3)4/h7-13H,14H2,1-6H3,(H,23,24)/b8-7+,15-12+,16-9?. The van der Waals surface area contributed by atoms with Crippen LogP contribution in [0.4, 0.5) is 0 Å². The molecule has 1 aromatic carbocycles. The van der Waals surface area contributed by atoms with E-state index in [1.165, 1.54) is 34.8 Å². The first kappa shape index (κ1) is 18.3. The fraction of sp³-hybridized carbons (Fsp3) is 0.409. The monoisotopic (exact) mass is 324 g/mol. The quantitative estimate of drug-likeness (QED) is 0.575. The zero-order valence-corrected chi connectivity index (χ0v) is 15.6. The lowest BCUT2D eigenvalue weighted by Crippen LogP contribution is -2.17. The molecule has 128 valence electrons. The van der Waals surface area contributed by atoms with Crippen LogP contribution in [0.15, 0.2) is 48.1 Å². The fourth-order valence-electron chi connectivity index (χ4n) is 3.92. The van der Waals surface area contributed by atoms with Crippen molar-refractivity contribution >= 4 is 11.5 Å². The molecule has 0 fully saturated rings. The van der Waals surface area contributed by atoms with Gasteiger partial charge >= 0.3 is 5.97 Å². The largest absolute Gasteiger partial charge is 0.478 e. The lowest BCUT2D eigenvalue weighted by molar-refractivity contribution is -0.131. The zero-order chi connectivity index (χ0) is 18.1. The summed E-state index contributed by atoms with van der Waals surface area (Å²) in [6, 6.07) is 6.79. The minimum Gasteiger partial charge on any atom is -0.478 e. The normalized spacial score (nSPS) is 19.6. The van der Waals surface area contributed by atoms with E-state index in [1.54, 1.807) is 6.92 Å². The number of aliphatic carboxylic acids is 1. The van der Waals surface area contributed by atoms with E-state index in [9.17, 15) is 4.79 Å². The minimum atomic E-state index is -0.915. The van der Waals surface area contributed by atoms with Crippen LogP contribution in [-0.2, 0) is 15.6 Å². The molecular formula is C22H28O2. The number of fused-ring (bicyclic) bond motifs is 1. The van der Waals surface area contributed by atoms with Crippen molar-refractivity contribution in [3.05, 3.63) is 64.8 Å². The van der Waals surface area contributed by atoms with Crippen LogP contribution in [-0.4, -0.2) is 11.1 Å². The molecule has 0 unspecified atom stereocenters. The summed E-state index contributed by atoms with van der Waals surface area (Å²) in [7, 11) is 0. The van der Waals surface area contributed by atoms with Gasteiger partial charge < -0.3 is 5.11 Å². The Kier molecular flexibility index (Phi) is 4.89. The Hall–Kier alpha value is -2.09. The van der Waals surface area contributed by atoms with Gasteiger partial charge in [-0.3, -0.25) is 0 Å². The van der Waals surface area contributed by atoms with Crippen LogP contribution in [0.25, 0.3) is 5.57 Å². The third-order valence-electron chi connectivity index (χ3n) is 4.87. The molecular weight excluding hydrogens is 296 g/mol. The second kappa shape index (κ2) is 6.43. The van der Waals surface area contributed by atoms with E-state index < -0.39 is 5.97 Å². The summed E-state index contributed by atoms with van der Waals surface area (Å²) < 4.78 is 0. The fourth-order valence-corrected chi connectivity index (χ4v) is 3.92. The Balaban J connectivity index is 2.30. The summed E-state index contributed by atoms with van der Waals surface area (Å²) >= 11 is 0. The molecule has 0 aromatic heterocycles. The van der Waals surface area contributed by atoms with Gasteiger partial charge in [0.15, 0.2) is 0 Å². The van der Waals surface area contributed by atoms with Crippen molar-refractivity contribution in [3.63, 3.8) is 0 Å². The highest BCUT2D eigenvalue weighted by atomic mass is 16.4. The molecule has 1 aliphatic rings. The van der Waals surface area contributed by atoms with Crippen LogP contribution in [0.1, 0.15) is 64.7 Å². The van der Waals surface area contributed by atoms with Gasteiger partial charge in [0.25, 0.3) is 0 Å². The van der Waals surface area contributed by atoms with E-state index >= 15 is 0 Å². The molecule has 0 bridgehead atoms. The summed E-state index contributed by atoms with van der Waals surface area (Å²) in [6.45, 7) is 13.2. The third kappa shape index (κ3) is 3.87. The van der Waals surface area contributed by atoms with Gasteiger partial charge in [0.05, 0.1) is 0 Å². The van der Waals surface area contributed by atoms with Crippen molar-refractivity contribution in [1.82, 2.24) is 0 Å². The minimum absolute atomic E-state index is 0.200. The molecule has 2 rings (SSSR count). The molecule has 1 N–H and O–H groups in total. The average molecular weight is 324 g/mol. The summed E-state index contributed by atoms with van der Waals surface area (Å²) in [5.41, 5.74) is 6.47. The molecule has 2 nitrogen and oxygen atoms in total. The predicted octanol–water partition coefficient (Wildman–Crippen LogP) is 5.64. The van der Waals surface area contributed by atoms with Gasteiger partial charge in [0.1, 0.15) is 0 Å². The smallest absolute Gasteiger partial charge is 0.328 e. The van der Waals surface area contributed by atoms with Crippen molar-refractivity contribution in [1.29, 1.82) is 0 Å². The molecule has 0 aliphatic heterocycles. The molecule has 0 saturated carbocycles. The Morgan fingerprint density at radius 2 is 1.71 bits per heavy atom. The summed E-state index contributed by atoms with van der Waals surface area (Å²) in [4.78, 5) is 10.6. The number of hydrogen-bond donors (Lipinski definition) is 1. The second-order valence-corrected chi connectivity index (χ2v) is 8.14. The molecule has 0 atom stereocenters. The van der Waals surface area contributed by atoms with Gasteiger partial charge in [0.2, 0.25) is 0 Å². The van der Waals surface area contributed by atoms with Crippen LogP contribution >= 0.6 is 0 Å². The van der Waals surface area contributed by atoms with E-state index in [1.807, 2.05) is 18.2 Å². The maximum atomic E-state index is 10.6. The highest BCUT2D eigenvalue weighted by Crippen LogP contribution is 2.49. The van der Waals surface area contributed by atoms with Crippen molar-refractivity contribution in [2.24, 2.45) is 0 Å².